The number of carbonyl (C=O) groups is 1. The number of fused-ring (bicyclic) bond motifs is 1. The van der Waals surface area contributed by atoms with E-state index in [0.29, 0.717) is 22.6 Å². The third kappa shape index (κ3) is 3.77. The number of H-pyrrole nitrogens is 1. The SMILES string of the molecule is COc1cc(-c2ccc3[nH]cc(/C(C#N)=C/c4cccnc4)c3c2)cc(C=O)c1OC. The molecule has 0 saturated carbocycles. The lowest BCUT2D eigenvalue weighted by Gasteiger charge is -2.12. The van der Waals surface area contributed by atoms with Gasteiger partial charge >= 0.3 is 0 Å². The fourth-order valence-electron chi connectivity index (χ4n) is 3.57. The zero-order chi connectivity index (χ0) is 21.8. The molecule has 0 aliphatic rings. The predicted molar refractivity (Wildman–Crippen MR) is 120 cm³/mol. The van der Waals surface area contributed by atoms with Gasteiger partial charge in [-0.1, -0.05) is 12.1 Å². The molecule has 0 amide bonds. The average Bonchev–Trinajstić information content (AvgIpc) is 3.25. The summed E-state index contributed by atoms with van der Waals surface area (Å²) in [4.78, 5) is 18.9. The van der Waals surface area contributed by atoms with Crippen molar-refractivity contribution in [2.75, 3.05) is 14.2 Å². The van der Waals surface area contributed by atoms with E-state index in [1.807, 2.05) is 48.7 Å². The smallest absolute Gasteiger partial charge is 0.171 e. The molecule has 4 aromatic rings. The van der Waals surface area contributed by atoms with Crippen LogP contribution in [-0.2, 0) is 0 Å². The number of allylic oxidation sites excluding steroid dienone is 1. The first kappa shape index (κ1) is 19.9. The first-order valence-corrected chi connectivity index (χ1v) is 9.53. The summed E-state index contributed by atoms with van der Waals surface area (Å²) in [6.07, 6.45) is 7.78. The summed E-state index contributed by atoms with van der Waals surface area (Å²) >= 11 is 0. The Hall–Kier alpha value is -4.37. The van der Waals surface area contributed by atoms with E-state index in [0.717, 1.165) is 39.4 Å². The first-order valence-electron chi connectivity index (χ1n) is 9.53. The minimum Gasteiger partial charge on any atom is -0.493 e. The molecule has 31 heavy (non-hydrogen) atoms. The molecular formula is C25H19N3O3. The van der Waals surface area contributed by atoms with Crippen LogP contribution in [-0.4, -0.2) is 30.5 Å². The van der Waals surface area contributed by atoms with Crippen molar-refractivity contribution in [3.63, 3.8) is 0 Å². The van der Waals surface area contributed by atoms with Crippen LogP contribution in [0.3, 0.4) is 0 Å². The van der Waals surface area contributed by atoms with Crippen LogP contribution in [0.5, 0.6) is 11.5 Å². The Morgan fingerprint density at radius 2 is 2.00 bits per heavy atom. The summed E-state index contributed by atoms with van der Waals surface area (Å²) in [6.45, 7) is 0. The largest absolute Gasteiger partial charge is 0.493 e. The van der Waals surface area contributed by atoms with Gasteiger partial charge in [0.25, 0.3) is 0 Å². The minimum atomic E-state index is 0.399. The predicted octanol–water partition coefficient (Wildman–Crippen LogP) is 5.12. The molecule has 4 rings (SSSR count). The van der Waals surface area contributed by atoms with Crippen molar-refractivity contribution < 1.29 is 14.3 Å². The molecule has 0 aliphatic carbocycles. The van der Waals surface area contributed by atoms with E-state index >= 15 is 0 Å². The maximum Gasteiger partial charge on any atom is 0.171 e. The molecule has 0 unspecified atom stereocenters. The van der Waals surface area contributed by atoms with Crippen molar-refractivity contribution in [1.29, 1.82) is 5.26 Å². The van der Waals surface area contributed by atoms with Crippen LogP contribution in [0.15, 0.2) is 61.1 Å². The van der Waals surface area contributed by atoms with Gasteiger partial charge in [0.05, 0.1) is 31.4 Å². The van der Waals surface area contributed by atoms with Crippen LogP contribution in [0.1, 0.15) is 21.5 Å². The number of aromatic amines is 1. The van der Waals surface area contributed by atoms with Crippen molar-refractivity contribution >= 4 is 28.8 Å². The van der Waals surface area contributed by atoms with Crippen molar-refractivity contribution in [2.24, 2.45) is 0 Å². The van der Waals surface area contributed by atoms with Gasteiger partial charge in [-0.05, 0) is 53.1 Å². The number of aldehydes is 1. The number of hydrogen-bond donors (Lipinski definition) is 1. The lowest BCUT2D eigenvalue weighted by molar-refractivity contribution is 0.112. The standard InChI is InChI=1S/C25H19N3O3/c1-30-24-11-18(9-20(15-29)25(24)31-2)17-5-6-23-21(10-17)22(14-28-23)19(12-26)8-16-4-3-7-27-13-16/h3-11,13-15,28H,1-2H3/b19-8+. The summed E-state index contributed by atoms with van der Waals surface area (Å²) in [6, 6.07) is 15.5. The number of ether oxygens (including phenoxy) is 2. The topological polar surface area (TPSA) is 88.0 Å². The highest BCUT2D eigenvalue weighted by molar-refractivity contribution is 6.02. The van der Waals surface area contributed by atoms with Gasteiger partial charge in [-0.3, -0.25) is 9.78 Å². The van der Waals surface area contributed by atoms with E-state index < -0.39 is 0 Å². The Balaban J connectivity index is 1.86. The second kappa shape index (κ2) is 8.56. The molecule has 6 nitrogen and oxygen atoms in total. The van der Waals surface area contributed by atoms with Gasteiger partial charge in [0, 0.05) is 35.1 Å². The maximum absolute atomic E-state index is 11.6. The fourth-order valence-corrected chi connectivity index (χ4v) is 3.57. The molecule has 0 saturated heterocycles. The molecule has 2 aromatic carbocycles. The molecule has 6 heteroatoms. The number of nitrogens with one attached hydrogen (secondary N) is 1. The van der Waals surface area contributed by atoms with Crippen LogP contribution in [0.25, 0.3) is 33.7 Å². The van der Waals surface area contributed by atoms with Gasteiger partial charge in [-0.25, -0.2) is 0 Å². The summed E-state index contributed by atoms with van der Waals surface area (Å²) in [5, 5.41) is 10.7. The van der Waals surface area contributed by atoms with Gasteiger partial charge in [0.1, 0.15) is 0 Å². The number of nitriles is 1. The lowest BCUT2D eigenvalue weighted by Crippen LogP contribution is -1.96. The second-order valence-corrected chi connectivity index (χ2v) is 6.84. The molecule has 2 aromatic heterocycles. The molecular weight excluding hydrogens is 390 g/mol. The number of rotatable bonds is 6. The summed E-state index contributed by atoms with van der Waals surface area (Å²) in [5.74, 6) is 0.876. The van der Waals surface area contributed by atoms with E-state index in [9.17, 15) is 10.1 Å². The minimum absolute atomic E-state index is 0.399. The summed E-state index contributed by atoms with van der Waals surface area (Å²) in [5.41, 5.74) is 5.17. The van der Waals surface area contributed by atoms with E-state index in [-0.39, 0.29) is 0 Å². The van der Waals surface area contributed by atoms with Gasteiger partial charge in [-0.15, -0.1) is 0 Å². The number of hydrogen-bond acceptors (Lipinski definition) is 5. The van der Waals surface area contributed by atoms with Crippen molar-refractivity contribution in [1.82, 2.24) is 9.97 Å². The third-order valence-corrected chi connectivity index (χ3v) is 5.06. The van der Waals surface area contributed by atoms with E-state index in [4.69, 9.17) is 9.47 Å². The molecule has 2 heterocycles. The van der Waals surface area contributed by atoms with Gasteiger partial charge < -0.3 is 14.5 Å². The molecule has 0 atom stereocenters. The van der Waals surface area contributed by atoms with Crippen LogP contribution < -0.4 is 9.47 Å². The Bertz CT molecular complexity index is 1330. The molecule has 0 bridgehead atoms. The average molecular weight is 409 g/mol. The number of carbonyl (C=O) groups excluding carboxylic acids is 1. The normalized spacial score (nSPS) is 11.2. The Morgan fingerprint density at radius 3 is 2.68 bits per heavy atom. The quantitative estimate of drug-likeness (QED) is 0.353. The molecule has 0 aliphatic heterocycles. The van der Waals surface area contributed by atoms with E-state index in [1.54, 1.807) is 18.5 Å². The number of nitrogens with zero attached hydrogens (tertiary/aromatic N) is 2. The zero-order valence-corrected chi connectivity index (χ0v) is 17.0. The highest BCUT2D eigenvalue weighted by Crippen LogP contribution is 2.37. The number of methoxy groups -OCH3 is 2. The van der Waals surface area contributed by atoms with Crippen LogP contribution >= 0.6 is 0 Å². The monoisotopic (exact) mass is 409 g/mol. The second-order valence-electron chi connectivity index (χ2n) is 6.84. The highest BCUT2D eigenvalue weighted by Gasteiger charge is 2.15. The number of benzene rings is 2. The molecule has 1 N–H and O–H groups in total. The van der Waals surface area contributed by atoms with Crippen LogP contribution in [0.2, 0.25) is 0 Å². The summed E-state index contributed by atoms with van der Waals surface area (Å²) in [7, 11) is 3.03. The molecule has 0 fully saturated rings. The zero-order valence-electron chi connectivity index (χ0n) is 17.0. The Morgan fingerprint density at radius 1 is 1.13 bits per heavy atom. The van der Waals surface area contributed by atoms with Crippen molar-refractivity contribution in [2.45, 2.75) is 0 Å². The Labute approximate surface area is 179 Å². The fraction of sp³-hybridized carbons (Fsp3) is 0.0800. The maximum atomic E-state index is 11.6. The lowest BCUT2D eigenvalue weighted by atomic mass is 9.98. The summed E-state index contributed by atoms with van der Waals surface area (Å²) < 4.78 is 10.7. The molecule has 152 valence electrons. The van der Waals surface area contributed by atoms with Crippen LogP contribution in [0.4, 0.5) is 0 Å². The van der Waals surface area contributed by atoms with Gasteiger partial charge in [-0.2, -0.15) is 5.26 Å². The van der Waals surface area contributed by atoms with Crippen LogP contribution in [0, 0.1) is 11.3 Å². The highest BCUT2D eigenvalue weighted by atomic mass is 16.5. The van der Waals surface area contributed by atoms with E-state index in [1.165, 1.54) is 14.2 Å². The number of pyridine rings is 1. The van der Waals surface area contributed by atoms with Crippen molar-refractivity contribution in [3.05, 3.63) is 77.7 Å². The van der Waals surface area contributed by atoms with Crippen molar-refractivity contribution in [3.8, 4) is 28.7 Å². The van der Waals surface area contributed by atoms with Gasteiger partial charge in [0.2, 0.25) is 0 Å². The molecule has 0 spiro atoms. The molecule has 0 radical (unpaired) electrons. The first-order chi connectivity index (χ1) is 15.2. The third-order valence-electron chi connectivity index (χ3n) is 5.06. The van der Waals surface area contributed by atoms with E-state index in [2.05, 4.69) is 16.0 Å². The van der Waals surface area contributed by atoms with Gasteiger partial charge in [0.15, 0.2) is 17.8 Å². The Kier molecular flexibility index (Phi) is 5.50. The number of aromatic nitrogens is 2.